The smallest absolute Gasteiger partial charge is 0.300 e. The highest BCUT2D eigenvalue weighted by Gasteiger charge is 2.47. The average molecular weight is 514 g/mol. The molecule has 8 heteroatoms. The van der Waals surface area contributed by atoms with Crippen molar-refractivity contribution in [2.75, 3.05) is 12.0 Å². The number of amides is 1. The summed E-state index contributed by atoms with van der Waals surface area (Å²) in [4.78, 5) is 31.8. The average Bonchev–Trinajstić information content (AvgIpc) is 3.06. The molecule has 1 atom stereocenters. The zero-order valence-electron chi connectivity index (χ0n) is 17.2. The first-order valence-corrected chi connectivity index (χ1v) is 10.8. The van der Waals surface area contributed by atoms with Gasteiger partial charge in [0.15, 0.2) is 0 Å². The van der Waals surface area contributed by atoms with Crippen LogP contribution in [0.25, 0.3) is 5.76 Å². The van der Waals surface area contributed by atoms with Crippen LogP contribution >= 0.6 is 27.5 Å². The van der Waals surface area contributed by atoms with Crippen molar-refractivity contribution in [1.29, 1.82) is 0 Å². The highest BCUT2D eigenvalue weighted by molar-refractivity contribution is 9.10. The molecule has 2 heterocycles. The number of hydrogen-bond acceptors (Lipinski definition) is 5. The van der Waals surface area contributed by atoms with Gasteiger partial charge in [0.1, 0.15) is 11.5 Å². The van der Waals surface area contributed by atoms with E-state index in [0.29, 0.717) is 37.6 Å². The summed E-state index contributed by atoms with van der Waals surface area (Å²) < 4.78 is 5.84. The van der Waals surface area contributed by atoms with Crippen LogP contribution in [0.2, 0.25) is 5.02 Å². The fourth-order valence-electron chi connectivity index (χ4n) is 3.77. The summed E-state index contributed by atoms with van der Waals surface area (Å²) in [6.45, 7) is 1.78. The molecular formula is C24H18BrClN2O4. The zero-order chi connectivity index (χ0) is 23.0. The number of hydrogen-bond donors (Lipinski definition) is 1. The Morgan fingerprint density at radius 1 is 1.16 bits per heavy atom. The summed E-state index contributed by atoms with van der Waals surface area (Å²) in [6, 6.07) is 12.7. The molecule has 4 rings (SSSR count). The molecule has 1 N–H and O–H groups in total. The van der Waals surface area contributed by atoms with Crippen molar-refractivity contribution in [3.63, 3.8) is 0 Å². The molecule has 1 aliphatic rings. The highest BCUT2D eigenvalue weighted by atomic mass is 79.9. The van der Waals surface area contributed by atoms with Crippen molar-refractivity contribution in [3.05, 3.63) is 92.7 Å². The van der Waals surface area contributed by atoms with Crippen LogP contribution < -0.4 is 9.64 Å². The SMILES string of the molecule is COc1ccc(/C(O)=C2\C(=O)C(=O)N(c3cccc(Cl)c3C)C2c2ccncc2)cc1Br. The second kappa shape index (κ2) is 8.76. The van der Waals surface area contributed by atoms with Crippen LogP contribution in [0.5, 0.6) is 5.75 Å². The maximum Gasteiger partial charge on any atom is 0.300 e. The summed E-state index contributed by atoms with van der Waals surface area (Å²) in [5.74, 6) is -1.24. The number of benzene rings is 2. The molecule has 32 heavy (non-hydrogen) atoms. The quantitative estimate of drug-likeness (QED) is 0.285. The minimum absolute atomic E-state index is 0.0161. The molecular weight excluding hydrogens is 496 g/mol. The number of aliphatic hydroxyl groups excluding tert-OH is 1. The predicted octanol–water partition coefficient (Wildman–Crippen LogP) is 5.44. The van der Waals surface area contributed by atoms with E-state index in [-0.39, 0.29) is 11.3 Å². The number of aromatic nitrogens is 1. The van der Waals surface area contributed by atoms with Gasteiger partial charge in [0, 0.05) is 28.7 Å². The fraction of sp³-hybridized carbons (Fsp3) is 0.125. The molecule has 0 saturated carbocycles. The van der Waals surface area contributed by atoms with Gasteiger partial charge >= 0.3 is 0 Å². The molecule has 3 aromatic rings. The lowest BCUT2D eigenvalue weighted by Gasteiger charge is -2.27. The third-order valence-electron chi connectivity index (χ3n) is 5.39. The van der Waals surface area contributed by atoms with E-state index in [1.807, 2.05) is 0 Å². The molecule has 1 fully saturated rings. The van der Waals surface area contributed by atoms with E-state index in [0.717, 1.165) is 0 Å². The first-order chi connectivity index (χ1) is 15.3. The molecule has 0 aliphatic carbocycles. The Morgan fingerprint density at radius 3 is 2.53 bits per heavy atom. The van der Waals surface area contributed by atoms with Gasteiger partial charge in [-0.15, -0.1) is 0 Å². The minimum Gasteiger partial charge on any atom is -0.507 e. The van der Waals surface area contributed by atoms with Gasteiger partial charge in [-0.1, -0.05) is 17.7 Å². The van der Waals surface area contributed by atoms with Crippen LogP contribution in [0.1, 0.15) is 22.7 Å². The molecule has 1 saturated heterocycles. The van der Waals surface area contributed by atoms with Gasteiger partial charge in [-0.3, -0.25) is 19.5 Å². The van der Waals surface area contributed by atoms with E-state index in [2.05, 4.69) is 20.9 Å². The molecule has 6 nitrogen and oxygen atoms in total. The Morgan fingerprint density at radius 2 is 1.88 bits per heavy atom. The third-order valence-corrected chi connectivity index (χ3v) is 6.42. The molecule has 1 aromatic heterocycles. The predicted molar refractivity (Wildman–Crippen MR) is 126 cm³/mol. The Bertz CT molecular complexity index is 1260. The maximum absolute atomic E-state index is 13.2. The molecule has 0 bridgehead atoms. The number of rotatable bonds is 4. The number of carbonyl (C=O) groups is 2. The number of ether oxygens (including phenoxy) is 1. The number of ketones is 1. The first kappa shape index (κ1) is 22.0. The van der Waals surface area contributed by atoms with Crippen molar-refractivity contribution in [1.82, 2.24) is 4.98 Å². The molecule has 0 radical (unpaired) electrons. The van der Waals surface area contributed by atoms with E-state index in [1.54, 1.807) is 67.8 Å². The highest BCUT2D eigenvalue weighted by Crippen LogP contribution is 2.44. The number of aliphatic hydroxyl groups is 1. The van der Waals surface area contributed by atoms with Gasteiger partial charge in [0.25, 0.3) is 11.7 Å². The molecule has 1 aliphatic heterocycles. The summed E-state index contributed by atoms with van der Waals surface area (Å²) >= 11 is 9.69. The van der Waals surface area contributed by atoms with Crippen LogP contribution in [-0.2, 0) is 9.59 Å². The van der Waals surface area contributed by atoms with Gasteiger partial charge < -0.3 is 9.84 Å². The van der Waals surface area contributed by atoms with Crippen LogP contribution in [0.15, 0.2) is 71.0 Å². The lowest BCUT2D eigenvalue weighted by Crippen LogP contribution is -2.30. The van der Waals surface area contributed by atoms with Gasteiger partial charge in [-0.2, -0.15) is 0 Å². The van der Waals surface area contributed by atoms with E-state index in [4.69, 9.17) is 16.3 Å². The van der Waals surface area contributed by atoms with Gasteiger partial charge in [-0.25, -0.2) is 0 Å². The standard InChI is InChI=1S/C24H18BrClN2O4/c1-13-17(26)4-3-5-18(13)28-21(14-8-10-27-11-9-14)20(23(30)24(28)31)22(29)15-6-7-19(32-2)16(25)12-15/h3-12,21,29H,1-2H3/b22-20+. The summed E-state index contributed by atoms with van der Waals surface area (Å²) in [5.41, 5.74) is 2.14. The number of methoxy groups -OCH3 is 1. The Labute approximate surface area is 198 Å². The van der Waals surface area contributed by atoms with E-state index >= 15 is 0 Å². The number of pyridine rings is 1. The normalized spacial score (nSPS) is 17.6. The third kappa shape index (κ3) is 3.67. The topological polar surface area (TPSA) is 79.7 Å². The van der Waals surface area contributed by atoms with Crippen LogP contribution in [0.3, 0.4) is 0 Å². The summed E-state index contributed by atoms with van der Waals surface area (Å²) in [7, 11) is 1.53. The number of carbonyl (C=O) groups excluding carboxylic acids is 2. The first-order valence-electron chi connectivity index (χ1n) is 9.65. The number of anilines is 1. The second-order valence-corrected chi connectivity index (χ2v) is 8.44. The molecule has 1 unspecified atom stereocenters. The second-order valence-electron chi connectivity index (χ2n) is 7.18. The number of nitrogens with zero attached hydrogens (tertiary/aromatic N) is 2. The fourth-order valence-corrected chi connectivity index (χ4v) is 4.48. The molecule has 162 valence electrons. The van der Waals surface area contributed by atoms with E-state index in [9.17, 15) is 14.7 Å². The van der Waals surface area contributed by atoms with Crippen molar-refractivity contribution < 1.29 is 19.4 Å². The lowest BCUT2D eigenvalue weighted by atomic mass is 9.95. The summed E-state index contributed by atoms with van der Waals surface area (Å²) in [5, 5.41) is 11.7. The van der Waals surface area contributed by atoms with Crippen LogP contribution in [-0.4, -0.2) is 28.9 Å². The van der Waals surface area contributed by atoms with Gasteiger partial charge in [0.2, 0.25) is 0 Å². The monoisotopic (exact) mass is 512 g/mol. The molecule has 0 spiro atoms. The van der Waals surface area contributed by atoms with E-state index in [1.165, 1.54) is 12.0 Å². The largest absolute Gasteiger partial charge is 0.507 e. The Kier molecular flexibility index (Phi) is 6.04. The Hall–Kier alpha value is -3.16. The van der Waals surface area contributed by atoms with Crippen molar-refractivity contribution >= 4 is 50.7 Å². The maximum atomic E-state index is 13.2. The lowest BCUT2D eigenvalue weighted by molar-refractivity contribution is -0.132. The molecule has 1 amide bonds. The van der Waals surface area contributed by atoms with Crippen LogP contribution in [0, 0.1) is 6.92 Å². The summed E-state index contributed by atoms with van der Waals surface area (Å²) in [6.07, 6.45) is 3.15. The van der Waals surface area contributed by atoms with Crippen molar-refractivity contribution in [3.8, 4) is 5.75 Å². The number of halogens is 2. The van der Waals surface area contributed by atoms with Crippen molar-refractivity contribution in [2.45, 2.75) is 13.0 Å². The van der Waals surface area contributed by atoms with Gasteiger partial charge in [-0.05, 0) is 76.4 Å². The zero-order valence-corrected chi connectivity index (χ0v) is 19.5. The van der Waals surface area contributed by atoms with E-state index < -0.39 is 17.7 Å². The Balaban J connectivity index is 1.96. The number of Topliss-reactive ketones (excluding diaryl/α,β-unsaturated/α-hetero) is 1. The van der Waals surface area contributed by atoms with Crippen molar-refractivity contribution in [2.24, 2.45) is 0 Å². The molecule has 2 aromatic carbocycles. The minimum atomic E-state index is -0.851. The van der Waals surface area contributed by atoms with Gasteiger partial charge in [0.05, 0.1) is 23.2 Å². The van der Waals surface area contributed by atoms with Crippen LogP contribution in [0.4, 0.5) is 5.69 Å².